The number of hydrogen-bond donors (Lipinski definition) is 1. The Bertz CT molecular complexity index is 1050. The number of ether oxygens (including phenoxy) is 3. The first kappa shape index (κ1) is 21.2. The molecule has 164 valence electrons. The highest BCUT2D eigenvalue weighted by Gasteiger charge is 2.26. The Kier molecular flexibility index (Phi) is 6.18. The Morgan fingerprint density at radius 2 is 1.84 bits per heavy atom. The summed E-state index contributed by atoms with van der Waals surface area (Å²) in [6.07, 6.45) is 1.57. The van der Waals surface area contributed by atoms with E-state index in [0.29, 0.717) is 35.5 Å². The van der Waals surface area contributed by atoms with E-state index in [2.05, 4.69) is 31.3 Å². The number of rotatable bonds is 5. The molecule has 2 amide bonds. The Hall–Kier alpha value is -3.00. The minimum Gasteiger partial charge on any atom is -0.493 e. The van der Waals surface area contributed by atoms with E-state index in [4.69, 9.17) is 19.2 Å². The molecule has 8 heteroatoms. The molecule has 0 atom stereocenters. The van der Waals surface area contributed by atoms with Crippen molar-refractivity contribution in [2.45, 2.75) is 32.8 Å². The van der Waals surface area contributed by atoms with Gasteiger partial charge in [-0.05, 0) is 37.1 Å². The lowest BCUT2D eigenvalue weighted by Gasteiger charge is -2.31. The number of amides is 2. The summed E-state index contributed by atoms with van der Waals surface area (Å²) in [7, 11) is 3.13. The summed E-state index contributed by atoms with van der Waals surface area (Å²) in [5.41, 5.74) is 3.98. The predicted octanol–water partition coefficient (Wildman–Crippen LogP) is 5.01. The van der Waals surface area contributed by atoms with Crippen LogP contribution in [0.5, 0.6) is 16.7 Å². The molecule has 0 radical (unpaired) electrons. The van der Waals surface area contributed by atoms with Crippen molar-refractivity contribution in [2.24, 2.45) is 0 Å². The van der Waals surface area contributed by atoms with Gasteiger partial charge < -0.3 is 24.4 Å². The third kappa shape index (κ3) is 4.39. The van der Waals surface area contributed by atoms with Crippen molar-refractivity contribution in [1.82, 2.24) is 9.88 Å². The molecule has 1 saturated heterocycles. The zero-order chi connectivity index (χ0) is 22.0. The summed E-state index contributed by atoms with van der Waals surface area (Å²) >= 11 is 1.60. The van der Waals surface area contributed by atoms with E-state index in [1.165, 1.54) is 10.3 Å². The second-order valence-electron chi connectivity index (χ2n) is 7.63. The van der Waals surface area contributed by atoms with E-state index in [1.807, 2.05) is 6.07 Å². The van der Waals surface area contributed by atoms with Gasteiger partial charge in [-0.25, -0.2) is 9.78 Å². The molecule has 1 aliphatic heterocycles. The SMILES string of the molecule is COc1cccc(NC(=O)N2CCC(Oc3nc4c(C)ccc(C)c4s3)CC2)c1OC. The van der Waals surface area contributed by atoms with Gasteiger partial charge >= 0.3 is 6.03 Å². The molecule has 1 aromatic heterocycles. The molecule has 0 aliphatic carbocycles. The molecule has 4 rings (SSSR count). The Morgan fingerprint density at radius 1 is 1.10 bits per heavy atom. The molecule has 0 unspecified atom stereocenters. The van der Waals surface area contributed by atoms with Crippen LogP contribution in [-0.4, -0.2) is 49.3 Å². The fourth-order valence-electron chi connectivity index (χ4n) is 3.79. The predicted molar refractivity (Wildman–Crippen MR) is 123 cm³/mol. The van der Waals surface area contributed by atoms with E-state index in [1.54, 1.807) is 42.6 Å². The number of urea groups is 1. The fraction of sp³-hybridized carbons (Fsp3) is 0.391. The Labute approximate surface area is 185 Å². The number of anilines is 1. The number of para-hydroxylation sites is 1. The number of benzene rings is 2. The van der Waals surface area contributed by atoms with E-state index in [9.17, 15) is 4.79 Å². The van der Waals surface area contributed by atoms with E-state index in [-0.39, 0.29) is 12.1 Å². The normalized spacial score (nSPS) is 14.5. The maximum absolute atomic E-state index is 12.8. The number of fused-ring (bicyclic) bond motifs is 1. The minimum absolute atomic E-state index is 0.0524. The highest BCUT2D eigenvalue weighted by atomic mass is 32.1. The summed E-state index contributed by atoms with van der Waals surface area (Å²) in [6, 6.07) is 9.47. The lowest BCUT2D eigenvalue weighted by Crippen LogP contribution is -2.43. The standard InChI is InChI=1S/C23H27N3O4S/c1-14-8-9-15(2)21-19(14)25-23(31-21)30-16-10-12-26(13-11-16)22(27)24-17-6-5-7-18(28-3)20(17)29-4/h5-9,16H,10-13H2,1-4H3,(H,24,27). The van der Waals surface area contributed by atoms with Crippen molar-refractivity contribution in [3.8, 4) is 16.7 Å². The first-order valence-electron chi connectivity index (χ1n) is 10.3. The number of thiazole rings is 1. The number of methoxy groups -OCH3 is 2. The molecule has 0 saturated carbocycles. The molecule has 0 spiro atoms. The van der Waals surface area contributed by atoms with E-state index in [0.717, 1.165) is 23.9 Å². The average Bonchev–Trinajstić information content (AvgIpc) is 3.21. The van der Waals surface area contributed by atoms with Crippen molar-refractivity contribution in [3.63, 3.8) is 0 Å². The number of piperidine rings is 1. The number of likely N-dealkylation sites (tertiary alicyclic amines) is 1. The minimum atomic E-state index is -0.156. The fourth-order valence-corrected chi connectivity index (χ4v) is 4.82. The Morgan fingerprint density at radius 3 is 2.52 bits per heavy atom. The number of carbonyl (C=O) groups is 1. The first-order valence-corrected chi connectivity index (χ1v) is 11.1. The van der Waals surface area contributed by atoms with Gasteiger partial charge in [-0.2, -0.15) is 0 Å². The number of nitrogens with one attached hydrogen (secondary N) is 1. The summed E-state index contributed by atoms with van der Waals surface area (Å²) < 4.78 is 18.1. The second-order valence-corrected chi connectivity index (χ2v) is 8.59. The maximum Gasteiger partial charge on any atom is 0.321 e. The van der Waals surface area contributed by atoms with Gasteiger partial charge in [0.1, 0.15) is 6.10 Å². The molecule has 1 N–H and O–H groups in total. The van der Waals surface area contributed by atoms with Gasteiger partial charge in [0.05, 0.1) is 30.1 Å². The lowest BCUT2D eigenvalue weighted by molar-refractivity contribution is 0.115. The van der Waals surface area contributed by atoms with Gasteiger partial charge in [-0.3, -0.25) is 0 Å². The quantitative estimate of drug-likeness (QED) is 0.603. The summed E-state index contributed by atoms with van der Waals surface area (Å²) in [5.74, 6) is 1.09. The number of aryl methyl sites for hydroxylation is 2. The molecule has 2 heterocycles. The van der Waals surface area contributed by atoms with Gasteiger partial charge in [0.15, 0.2) is 11.5 Å². The third-order valence-electron chi connectivity index (χ3n) is 5.56. The number of aromatic nitrogens is 1. The maximum atomic E-state index is 12.8. The highest BCUT2D eigenvalue weighted by Crippen LogP contribution is 2.35. The van der Waals surface area contributed by atoms with Crippen molar-refractivity contribution >= 4 is 33.3 Å². The van der Waals surface area contributed by atoms with Gasteiger partial charge in [-0.1, -0.05) is 29.5 Å². The van der Waals surface area contributed by atoms with Crippen molar-refractivity contribution in [2.75, 3.05) is 32.6 Å². The molecular weight excluding hydrogens is 414 g/mol. The second kappa shape index (κ2) is 9.01. The smallest absolute Gasteiger partial charge is 0.321 e. The van der Waals surface area contributed by atoms with Crippen LogP contribution >= 0.6 is 11.3 Å². The molecular formula is C23H27N3O4S. The molecule has 1 fully saturated rings. The van der Waals surface area contributed by atoms with Gasteiger partial charge in [0.25, 0.3) is 5.19 Å². The van der Waals surface area contributed by atoms with Crippen LogP contribution < -0.4 is 19.5 Å². The zero-order valence-corrected chi connectivity index (χ0v) is 19.0. The van der Waals surface area contributed by atoms with Crippen LogP contribution in [0.3, 0.4) is 0 Å². The van der Waals surface area contributed by atoms with Crippen LogP contribution in [0.2, 0.25) is 0 Å². The van der Waals surface area contributed by atoms with Gasteiger partial charge in [-0.15, -0.1) is 0 Å². The van der Waals surface area contributed by atoms with Crippen molar-refractivity contribution in [3.05, 3.63) is 41.5 Å². The van der Waals surface area contributed by atoms with Gasteiger partial charge in [0, 0.05) is 25.9 Å². The number of nitrogens with zero attached hydrogens (tertiary/aromatic N) is 2. The third-order valence-corrected chi connectivity index (χ3v) is 6.65. The first-order chi connectivity index (χ1) is 15.0. The lowest BCUT2D eigenvalue weighted by atomic mass is 10.1. The largest absolute Gasteiger partial charge is 0.493 e. The highest BCUT2D eigenvalue weighted by molar-refractivity contribution is 7.20. The number of carbonyl (C=O) groups excluding carboxylic acids is 1. The van der Waals surface area contributed by atoms with Gasteiger partial charge in [0.2, 0.25) is 0 Å². The summed E-state index contributed by atoms with van der Waals surface area (Å²) in [4.78, 5) is 19.2. The molecule has 31 heavy (non-hydrogen) atoms. The molecule has 7 nitrogen and oxygen atoms in total. The molecule has 0 bridgehead atoms. The monoisotopic (exact) mass is 441 g/mol. The van der Waals surface area contributed by atoms with Crippen molar-refractivity contribution < 1.29 is 19.0 Å². The molecule has 2 aromatic carbocycles. The Balaban J connectivity index is 1.36. The van der Waals surface area contributed by atoms with Crippen LogP contribution in [0.1, 0.15) is 24.0 Å². The summed E-state index contributed by atoms with van der Waals surface area (Å²) in [6.45, 7) is 5.40. The van der Waals surface area contributed by atoms with Crippen LogP contribution in [0, 0.1) is 13.8 Å². The topological polar surface area (TPSA) is 72.9 Å². The van der Waals surface area contributed by atoms with Crippen LogP contribution in [0.4, 0.5) is 10.5 Å². The van der Waals surface area contributed by atoms with Crippen LogP contribution in [0.25, 0.3) is 10.2 Å². The molecule has 3 aromatic rings. The number of hydrogen-bond acceptors (Lipinski definition) is 6. The van der Waals surface area contributed by atoms with Crippen LogP contribution in [0.15, 0.2) is 30.3 Å². The molecule has 1 aliphatic rings. The van der Waals surface area contributed by atoms with Crippen LogP contribution in [-0.2, 0) is 0 Å². The summed E-state index contributed by atoms with van der Waals surface area (Å²) in [5, 5.41) is 3.64. The average molecular weight is 442 g/mol. The van der Waals surface area contributed by atoms with Crippen molar-refractivity contribution in [1.29, 1.82) is 0 Å². The van der Waals surface area contributed by atoms with E-state index < -0.39 is 0 Å². The van der Waals surface area contributed by atoms with E-state index >= 15 is 0 Å². The zero-order valence-electron chi connectivity index (χ0n) is 18.2.